The van der Waals surface area contributed by atoms with Crippen LogP contribution in [-0.2, 0) is 23.9 Å². The number of ether oxygens (including phenoxy) is 2. The van der Waals surface area contributed by atoms with E-state index in [1.54, 1.807) is 0 Å². The van der Waals surface area contributed by atoms with Gasteiger partial charge in [0.15, 0.2) is 5.71 Å². The van der Waals surface area contributed by atoms with Crippen molar-refractivity contribution in [2.75, 3.05) is 19.1 Å². The topological polar surface area (TPSA) is 114 Å². The summed E-state index contributed by atoms with van der Waals surface area (Å²) in [6, 6.07) is 4.86. The van der Waals surface area contributed by atoms with Gasteiger partial charge in [-0.05, 0) is 24.3 Å². The van der Waals surface area contributed by atoms with E-state index in [-0.39, 0.29) is 17.0 Å². The first-order valence-electron chi connectivity index (χ1n) is 6.97. The molecular weight excluding hydrogens is 318 g/mol. The van der Waals surface area contributed by atoms with Crippen LogP contribution in [-0.4, -0.2) is 49.7 Å². The number of hydrogen-bond acceptors (Lipinski definition) is 8. The van der Waals surface area contributed by atoms with Gasteiger partial charge in [-0.1, -0.05) is 0 Å². The first-order valence-corrected chi connectivity index (χ1v) is 6.97. The number of esters is 2. The highest BCUT2D eigenvalue weighted by molar-refractivity contribution is 6.46. The molecule has 9 nitrogen and oxygen atoms in total. The Balaban J connectivity index is 1.89. The van der Waals surface area contributed by atoms with Crippen LogP contribution in [0.1, 0.15) is 10.4 Å². The number of rotatable bonds is 3. The van der Waals surface area contributed by atoms with Crippen molar-refractivity contribution in [2.45, 2.75) is 6.04 Å². The molecule has 9 heteroatoms. The molecule has 1 N–H and O–H groups in total. The molecule has 0 spiro atoms. The monoisotopic (exact) mass is 331 g/mol. The van der Waals surface area contributed by atoms with Crippen LogP contribution in [0.5, 0.6) is 0 Å². The molecule has 1 aromatic carbocycles. The third-order valence-corrected chi connectivity index (χ3v) is 3.87. The van der Waals surface area contributed by atoms with Crippen LogP contribution in [0.2, 0.25) is 0 Å². The van der Waals surface area contributed by atoms with Crippen LogP contribution in [0.15, 0.2) is 29.4 Å². The molecular formula is C15H13N3O6. The Bertz CT molecular complexity index is 770. The van der Waals surface area contributed by atoms with Crippen molar-refractivity contribution in [3.63, 3.8) is 0 Å². The van der Waals surface area contributed by atoms with E-state index in [1.165, 1.54) is 38.5 Å². The van der Waals surface area contributed by atoms with Gasteiger partial charge in [0.1, 0.15) is 12.0 Å². The van der Waals surface area contributed by atoms with Gasteiger partial charge in [0, 0.05) is 0 Å². The number of methoxy groups -OCH3 is 2. The number of amides is 2. The summed E-state index contributed by atoms with van der Waals surface area (Å²) in [5.41, 5.74) is 2.95. The summed E-state index contributed by atoms with van der Waals surface area (Å²) in [6.07, 6.45) is 0. The maximum Gasteiger partial charge on any atom is 0.355 e. The number of imide groups is 1. The number of anilines is 1. The number of nitrogens with one attached hydrogen (secondary N) is 1. The second kappa shape index (κ2) is 5.76. The molecule has 0 unspecified atom stereocenters. The number of carbonyl (C=O) groups excluding carboxylic acids is 4. The standard InChI is InChI=1S/C15H13N3O6/c1-23-14(21)7-3-5-8(6-4-7)18-12(19)9-10(13(18)20)16-17-11(9)15(22)24-2/h3-6,9-10,16H,1-2H3/t9-,10-/m1/s1. The van der Waals surface area contributed by atoms with Gasteiger partial charge in [0.25, 0.3) is 5.91 Å². The van der Waals surface area contributed by atoms with Crippen molar-refractivity contribution in [2.24, 2.45) is 11.0 Å². The SMILES string of the molecule is COC(=O)C1=NN[C@H]2C(=O)N(c3ccc(C(=O)OC)cc3)C(=O)[C@@H]12. The Morgan fingerprint density at radius 2 is 1.67 bits per heavy atom. The normalized spacial score (nSPS) is 21.9. The van der Waals surface area contributed by atoms with E-state index in [0.29, 0.717) is 0 Å². The number of nitrogens with zero attached hydrogens (tertiary/aromatic N) is 2. The highest BCUT2D eigenvalue weighted by Gasteiger charge is 2.55. The van der Waals surface area contributed by atoms with E-state index >= 15 is 0 Å². The van der Waals surface area contributed by atoms with E-state index in [9.17, 15) is 19.2 Å². The molecule has 0 aliphatic carbocycles. The number of hydrogen-bond donors (Lipinski definition) is 1. The van der Waals surface area contributed by atoms with Crippen LogP contribution in [0, 0.1) is 5.92 Å². The lowest BCUT2D eigenvalue weighted by Gasteiger charge is -2.15. The molecule has 2 aliphatic heterocycles. The van der Waals surface area contributed by atoms with Crippen LogP contribution >= 0.6 is 0 Å². The van der Waals surface area contributed by atoms with Gasteiger partial charge >= 0.3 is 11.9 Å². The summed E-state index contributed by atoms with van der Waals surface area (Å²) < 4.78 is 9.17. The average molecular weight is 331 g/mol. The molecule has 3 rings (SSSR count). The fourth-order valence-electron chi connectivity index (χ4n) is 2.68. The summed E-state index contributed by atoms with van der Waals surface area (Å²) in [5, 5.41) is 3.73. The number of benzene rings is 1. The molecule has 0 bridgehead atoms. The molecule has 1 saturated heterocycles. The Hall–Kier alpha value is -3.23. The van der Waals surface area contributed by atoms with Crippen LogP contribution in [0.3, 0.4) is 0 Å². The molecule has 0 saturated carbocycles. The predicted molar refractivity (Wildman–Crippen MR) is 80.1 cm³/mol. The van der Waals surface area contributed by atoms with Crippen molar-refractivity contribution in [3.8, 4) is 0 Å². The van der Waals surface area contributed by atoms with Crippen molar-refractivity contribution >= 4 is 35.2 Å². The zero-order chi connectivity index (χ0) is 17.4. The molecule has 0 aromatic heterocycles. The first-order chi connectivity index (χ1) is 11.5. The average Bonchev–Trinajstić information content (AvgIpc) is 3.14. The second-order valence-corrected chi connectivity index (χ2v) is 5.12. The van der Waals surface area contributed by atoms with E-state index in [2.05, 4.69) is 20.0 Å². The minimum atomic E-state index is -1.02. The minimum Gasteiger partial charge on any atom is -0.465 e. The zero-order valence-electron chi connectivity index (χ0n) is 12.8. The van der Waals surface area contributed by atoms with Gasteiger partial charge in [0.05, 0.1) is 25.5 Å². The Morgan fingerprint density at radius 1 is 1.04 bits per heavy atom. The number of fused-ring (bicyclic) bond motifs is 1. The molecule has 24 heavy (non-hydrogen) atoms. The fourth-order valence-corrected chi connectivity index (χ4v) is 2.68. The van der Waals surface area contributed by atoms with E-state index in [1.807, 2.05) is 0 Å². The van der Waals surface area contributed by atoms with Gasteiger partial charge in [-0.25, -0.2) is 14.5 Å². The Kier molecular flexibility index (Phi) is 3.76. The largest absolute Gasteiger partial charge is 0.465 e. The lowest BCUT2D eigenvalue weighted by molar-refractivity contribution is -0.133. The van der Waals surface area contributed by atoms with Gasteiger partial charge in [0.2, 0.25) is 5.91 Å². The molecule has 1 fully saturated rings. The summed E-state index contributed by atoms with van der Waals surface area (Å²) in [5.74, 6) is -3.42. The lowest BCUT2D eigenvalue weighted by atomic mass is 9.99. The molecule has 1 aromatic rings. The fraction of sp³-hybridized carbons (Fsp3) is 0.267. The van der Waals surface area contributed by atoms with Crippen molar-refractivity contribution in [1.29, 1.82) is 0 Å². The number of carbonyl (C=O) groups is 4. The van der Waals surface area contributed by atoms with Crippen molar-refractivity contribution in [3.05, 3.63) is 29.8 Å². The van der Waals surface area contributed by atoms with Crippen molar-refractivity contribution < 1.29 is 28.7 Å². The maximum absolute atomic E-state index is 12.6. The Labute approximate surface area is 136 Å². The van der Waals surface area contributed by atoms with Gasteiger partial charge in [-0.2, -0.15) is 5.10 Å². The van der Waals surface area contributed by atoms with Crippen molar-refractivity contribution in [1.82, 2.24) is 5.43 Å². The smallest absolute Gasteiger partial charge is 0.355 e. The summed E-state index contributed by atoms with van der Waals surface area (Å²) in [4.78, 5) is 49.1. The molecule has 2 atom stereocenters. The van der Waals surface area contributed by atoms with E-state index in [4.69, 9.17) is 0 Å². The van der Waals surface area contributed by atoms with E-state index in [0.717, 1.165) is 4.90 Å². The van der Waals surface area contributed by atoms with Crippen LogP contribution in [0.4, 0.5) is 5.69 Å². The summed E-state index contributed by atoms with van der Waals surface area (Å²) in [7, 11) is 2.42. The third kappa shape index (κ3) is 2.21. The maximum atomic E-state index is 12.6. The molecule has 2 aliphatic rings. The summed E-state index contributed by atoms with van der Waals surface area (Å²) >= 11 is 0. The van der Waals surface area contributed by atoms with Crippen LogP contribution in [0.25, 0.3) is 0 Å². The number of hydrazone groups is 1. The highest BCUT2D eigenvalue weighted by atomic mass is 16.5. The Morgan fingerprint density at radius 3 is 2.25 bits per heavy atom. The molecule has 2 heterocycles. The second-order valence-electron chi connectivity index (χ2n) is 5.12. The van der Waals surface area contributed by atoms with Gasteiger partial charge < -0.3 is 9.47 Å². The molecule has 0 radical (unpaired) electrons. The zero-order valence-corrected chi connectivity index (χ0v) is 12.8. The lowest BCUT2D eigenvalue weighted by Crippen LogP contribution is -2.36. The summed E-state index contributed by atoms with van der Waals surface area (Å²) in [6.45, 7) is 0. The van der Waals surface area contributed by atoms with Gasteiger partial charge in [-0.3, -0.25) is 15.0 Å². The third-order valence-electron chi connectivity index (χ3n) is 3.87. The predicted octanol–water partition coefficient (Wildman–Crippen LogP) is -0.537. The van der Waals surface area contributed by atoms with E-state index < -0.39 is 35.7 Å². The van der Waals surface area contributed by atoms with Gasteiger partial charge in [-0.15, -0.1) is 0 Å². The highest BCUT2D eigenvalue weighted by Crippen LogP contribution is 2.30. The molecule has 2 amide bonds. The quantitative estimate of drug-likeness (QED) is 0.584. The molecule has 124 valence electrons. The first kappa shape index (κ1) is 15.7. The van der Waals surface area contributed by atoms with Crippen LogP contribution < -0.4 is 10.3 Å². The minimum absolute atomic E-state index is 0.130.